The third-order valence-electron chi connectivity index (χ3n) is 2.79. The first-order chi connectivity index (χ1) is 5.86. The minimum Gasteiger partial charge on any atom is -0.393 e. The molecule has 12 heavy (non-hydrogen) atoms. The van der Waals surface area contributed by atoms with E-state index in [0.717, 1.165) is 25.7 Å². The molecule has 2 nitrogen and oxygen atoms in total. The second kappa shape index (κ2) is 3.31. The summed E-state index contributed by atoms with van der Waals surface area (Å²) in [7, 11) is 0. The van der Waals surface area contributed by atoms with Crippen LogP contribution in [0, 0.1) is 0 Å². The summed E-state index contributed by atoms with van der Waals surface area (Å²) in [4.78, 5) is 3.08. The Morgan fingerprint density at radius 3 is 2.58 bits per heavy atom. The molecule has 2 rings (SSSR count). The van der Waals surface area contributed by atoms with Crippen molar-refractivity contribution in [2.24, 2.45) is 0 Å². The van der Waals surface area contributed by atoms with Crippen LogP contribution < -0.4 is 0 Å². The van der Waals surface area contributed by atoms with Gasteiger partial charge in [-0.1, -0.05) is 0 Å². The predicted octanol–water partition coefficient (Wildman–Crippen LogP) is 2.03. The standard InChI is InChI=1S/C10H15NO/c12-10-3-1-8(2-4-10)9-5-6-11-7-9/h5-8,10-12H,1-4H2. The molecule has 1 aliphatic rings. The zero-order chi connectivity index (χ0) is 8.39. The summed E-state index contributed by atoms with van der Waals surface area (Å²) in [5, 5.41) is 9.32. The molecule has 1 aromatic heterocycles. The van der Waals surface area contributed by atoms with Crippen LogP contribution in [-0.2, 0) is 0 Å². The van der Waals surface area contributed by atoms with Crippen LogP contribution in [0.1, 0.15) is 37.2 Å². The largest absolute Gasteiger partial charge is 0.393 e. The van der Waals surface area contributed by atoms with Gasteiger partial charge in [0.25, 0.3) is 0 Å². The molecular formula is C10H15NO. The van der Waals surface area contributed by atoms with Crippen LogP contribution in [-0.4, -0.2) is 16.2 Å². The maximum Gasteiger partial charge on any atom is 0.0540 e. The van der Waals surface area contributed by atoms with Crippen molar-refractivity contribution in [2.45, 2.75) is 37.7 Å². The summed E-state index contributed by atoms with van der Waals surface area (Å²) in [6, 6.07) is 2.14. The summed E-state index contributed by atoms with van der Waals surface area (Å²) in [6.45, 7) is 0. The summed E-state index contributed by atoms with van der Waals surface area (Å²) < 4.78 is 0. The molecule has 0 unspecified atom stereocenters. The van der Waals surface area contributed by atoms with Crippen molar-refractivity contribution in [3.8, 4) is 0 Å². The van der Waals surface area contributed by atoms with Crippen LogP contribution in [0.4, 0.5) is 0 Å². The van der Waals surface area contributed by atoms with Crippen LogP contribution >= 0.6 is 0 Å². The number of hydrogen-bond acceptors (Lipinski definition) is 1. The van der Waals surface area contributed by atoms with Crippen molar-refractivity contribution < 1.29 is 5.11 Å². The molecule has 0 aliphatic heterocycles. The van der Waals surface area contributed by atoms with Gasteiger partial charge in [0.05, 0.1) is 6.10 Å². The number of nitrogens with one attached hydrogen (secondary N) is 1. The van der Waals surface area contributed by atoms with E-state index in [1.807, 2.05) is 6.20 Å². The first-order valence-electron chi connectivity index (χ1n) is 4.67. The fourth-order valence-corrected chi connectivity index (χ4v) is 2.00. The second-order valence-corrected chi connectivity index (χ2v) is 3.65. The summed E-state index contributed by atoms with van der Waals surface area (Å²) in [5.74, 6) is 0.680. The average molecular weight is 165 g/mol. The zero-order valence-corrected chi connectivity index (χ0v) is 7.16. The quantitative estimate of drug-likeness (QED) is 0.656. The van der Waals surface area contributed by atoms with E-state index in [-0.39, 0.29) is 6.10 Å². The first kappa shape index (κ1) is 7.87. The molecular weight excluding hydrogens is 150 g/mol. The van der Waals surface area contributed by atoms with E-state index in [1.165, 1.54) is 5.56 Å². The van der Waals surface area contributed by atoms with E-state index in [0.29, 0.717) is 5.92 Å². The molecule has 0 saturated heterocycles. The van der Waals surface area contributed by atoms with Crippen molar-refractivity contribution >= 4 is 0 Å². The molecule has 1 heterocycles. The molecule has 1 aliphatic carbocycles. The van der Waals surface area contributed by atoms with Crippen molar-refractivity contribution in [2.75, 3.05) is 0 Å². The highest BCUT2D eigenvalue weighted by atomic mass is 16.3. The van der Waals surface area contributed by atoms with Crippen LogP contribution in [0.2, 0.25) is 0 Å². The van der Waals surface area contributed by atoms with E-state index < -0.39 is 0 Å². The Kier molecular flexibility index (Phi) is 2.17. The number of aliphatic hydroxyl groups is 1. The molecule has 0 aromatic carbocycles. The van der Waals surface area contributed by atoms with Gasteiger partial charge in [0, 0.05) is 12.4 Å². The molecule has 0 spiro atoms. The monoisotopic (exact) mass is 165 g/mol. The third-order valence-corrected chi connectivity index (χ3v) is 2.79. The summed E-state index contributed by atoms with van der Waals surface area (Å²) >= 11 is 0. The number of rotatable bonds is 1. The van der Waals surface area contributed by atoms with E-state index in [4.69, 9.17) is 0 Å². The molecule has 66 valence electrons. The molecule has 2 N–H and O–H groups in total. The smallest absolute Gasteiger partial charge is 0.0540 e. The number of H-pyrrole nitrogens is 1. The van der Waals surface area contributed by atoms with E-state index >= 15 is 0 Å². The first-order valence-corrected chi connectivity index (χ1v) is 4.67. The van der Waals surface area contributed by atoms with Gasteiger partial charge in [0.15, 0.2) is 0 Å². The minimum atomic E-state index is -0.0415. The normalized spacial score (nSPS) is 30.4. The minimum absolute atomic E-state index is 0.0415. The van der Waals surface area contributed by atoms with E-state index in [2.05, 4.69) is 17.2 Å². The van der Waals surface area contributed by atoms with Gasteiger partial charge in [-0.2, -0.15) is 0 Å². The van der Waals surface area contributed by atoms with Gasteiger partial charge < -0.3 is 10.1 Å². The van der Waals surface area contributed by atoms with Gasteiger partial charge in [-0.15, -0.1) is 0 Å². The highest BCUT2D eigenvalue weighted by molar-refractivity contribution is 5.15. The number of hydrogen-bond donors (Lipinski definition) is 2. The lowest BCUT2D eigenvalue weighted by molar-refractivity contribution is 0.122. The Morgan fingerprint density at radius 1 is 1.25 bits per heavy atom. The number of aromatic amines is 1. The molecule has 0 atom stereocenters. The zero-order valence-electron chi connectivity index (χ0n) is 7.16. The molecule has 1 fully saturated rings. The molecule has 1 aromatic rings. The molecule has 0 bridgehead atoms. The maximum atomic E-state index is 9.32. The topological polar surface area (TPSA) is 36.0 Å². The van der Waals surface area contributed by atoms with E-state index in [9.17, 15) is 5.11 Å². The fourth-order valence-electron chi connectivity index (χ4n) is 2.00. The van der Waals surface area contributed by atoms with Crippen molar-refractivity contribution in [1.29, 1.82) is 0 Å². The molecule has 0 amide bonds. The van der Waals surface area contributed by atoms with Crippen LogP contribution in [0.15, 0.2) is 18.5 Å². The SMILES string of the molecule is OC1CCC(c2cc[nH]c2)CC1. The third kappa shape index (κ3) is 1.53. The highest BCUT2D eigenvalue weighted by Crippen LogP contribution is 2.32. The predicted molar refractivity (Wildman–Crippen MR) is 48.0 cm³/mol. The summed E-state index contributed by atoms with van der Waals surface area (Å²) in [5.41, 5.74) is 1.40. The lowest BCUT2D eigenvalue weighted by Gasteiger charge is -2.24. The second-order valence-electron chi connectivity index (χ2n) is 3.65. The number of aliphatic hydroxyl groups excluding tert-OH is 1. The lowest BCUT2D eigenvalue weighted by Crippen LogP contribution is -2.16. The Balaban J connectivity index is 1.99. The van der Waals surface area contributed by atoms with Gasteiger partial charge in [-0.3, -0.25) is 0 Å². The van der Waals surface area contributed by atoms with Crippen LogP contribution in [0.5, 0.6) is 0 Å². The van der Waals surface area contributed by atoms with Gasteiger partial charge in [0.1, 0.15) is 0 Å². The Hall–Kier alpha value is -0.760. The van der Waals surface area contributed by atoms with Gasteiger partial charge in [0.2, 0.25) is 0 Å². The Labute approximate surface area is 72.6 Å². The van der Waals surface area contributed by atoms with Gasteiger partial charge in [-0.05, 0) is 43.2 Å². The van der Waals surface area contributed by atoms with Crippen LogP contribution in [0.3, 0.4) is 0 Å². The fraction of sp³-hybridized carbons (Fsp3) is 0.600. The van der Waals surface area contributed by atoms with Crippen molar-refractivity contribution in [3.05, 3.63) is 24.0 Å². The highest BCUT2D eigenvalue weighted by Gasteiger charge is 2.20. The Morgan fingerprint density at radius 2 is 2.00 bits per heavy atom. The van der Waals surface area contributed by atoms with Gasteiger partial charge >= 0.3 is 0 Å². The van der Waals surface area contributed by atoms with Crippen LogP contribution in [0.25, 0.3) is 0 Å². The van der Waals surface area contributed by atoms with Crippen molar-refractivity contribution in [3.63, 3.8) is 0 Å². The molecule has 2 heteroatoms. The van der Waals surface area contributed by atoms with Crippen molar-refractivity contribution in [1.82, 2.24) is 4.98 Å². The lowest BCUT2D eigenvalue weighted by atomic mass is 9.84. The number of aromatic nitrogens is 1. The maximum absolute atomic E-state index is 9.32. The summed E-state index contributed by atoms with van der Waals surface area (Å²) in [6.07, 6.45) is 8.21. The molecule has 0 radical (unpaired) electrons. The average Bonchev–Trinajstić information content (AvgIpc) is 2.58. The van der Waals surface area contributed by atoms with Gasteiger partial charge in [-0.25, -0.2) is 0 Å². The molecule has 1 saturated carbocycles. The Bertz CT molecular complexity index is 222. The van der Waals surface area contributed by atoms with E-state index in [1.54, 1.807) is 0 Å².